The Morgan fingerprint density at radius 1 is 1.60 bits per heavy atom. The van der Waals surface area contributed by atoms with Crippen molar-refractivity contribution in [1.82, 2.24) is 14.6 Å². The van der Waals surface area contributed by atoms with E-state index in [0.717, 1.165) is 4.60 Å². The summed E-state index contributed by atoms with van der Waals surface area (Å²) in [6, 6.07) is 3.51. The Balaban J connectivity index is 1.94. The summed E-state index contributed by atoms with van der Waals surface area (Å²) in [4.78, 5) is 4.13. The van der Waals surface area contributed by atoms with Crippen molar-refractivity contribution in [2.75, 3.05) is 18.6 Å². The lowest BCUT2D eigenvalue weighted by molar-refractivity contribution is 0.301. The zero-order valence-electron chi connectivity index (χ0n) is 10.7. The van der Waals surface area contributed by atoms with Gasteiger partial charge in [-0.3, -0.25) is 0 Å². The number of hydrogen-bond acceptors (Lipinski definition) is 6. The fourth-order valence-corrected chi connectivity index (χ4v) is 2.82. The minimum absolute atomic E-state index is 0.317. The first-order valence-electron chi connectivity index (χ1n) is 5.73. The van der Waals surface area contributed by atoms with Gasteiger partial charge in [0.25, 0.3) is 0 Å². The van der Waals surface area contributed by atoms with Crippen molar-refractivity contribution in [2.24, 2.45) is 4.36 Å². The highest BCUT2D eigenvalue weighted by molar-refractivity contribution is 9.10. The number of imidazole rings is 1. The van der Waals surface area contributed by atoms with Crippen molar-refractivity contribution in [1.29, 1.82) is 5.26 Å². The predicted molar refractivity (Wildman–Crippen MR) is 77.8 cm³/mol. The van der Waals surface area contributed by atoms with Crippen LogP contribution in [0.15, 0.2) is 27.3 Å². The molecule has 1 atom stereocenters. The van der Waals surface area contributed by atoms with E-state index >= 15 is 0 Å². The SMILES string of the molecule is CS(=O)(CCCOc1ccc2ncc(Br)n2n1)=NC#N. The molecule has 2 aromatic heterocycles. The van der Waals surface area contributed by atoms with Gasteiger partial charge in [-0.1, -0.05) is 0 Å². The summed E-state index contributed by atoms with van der Waals surface area (Å²) in [5.41, 5.74) is 0.716. The molecule has 0 aliphatic rings. The molecule has 1 unspecified atom stereocenters. The van der Waals surface area contributed by atoms with E-state index in [1.165, 1.54) is 6.26 Å². The number of rotatable bonds is 5. The molecule has 0 amide bonds. The van der Waals surface area contributed by atoms with E-state index in [-0.39, 0.29) is 0 Å². The number of aromatic nitrogens is 3. The smallest absolute Gasteiger partial charge is 0.231 e. The highest BCUT2D eigenvalue weighted by Gasteiger charge is 2.05. The molecule has 0 aliphatic heterocycles. The molecule has 0 aliphatic carbocycles. The van der Waals surface area contributed by atoms with Crippen LogP contribution in [0.25, 0.3) is 5.65 Å². The average Bonchev–Trinajstić information content (AvgIpc) is 2.76. The molecule has 0 N–H and O–H groups in total. The zero-order valence-corrected chi connectivity index (χ0v) is 13.1. The summed E-state index contributed by atoms with van der Waals surface area (Å²) in [7, 11) is -2.43. The summed E-state index contributed by atoms with van der Waals surface area (Å²) < 4.78 is 22.9. The van der Waals surface area contributed by atoms with Gasteiger partial charge in [-0.2, -0.15) is 5.26 Å². The van der Waals surface area contributed by atoms with Crippen molar-refractivity contribution in [3.8, 4) is 12.1 Å². The average molecular weight is 358 g/mol. The van der Waals surface area contributed by atoms with Gasteiger partial charge in [0.2, 0.25) is 12.1 Å². The van der Waals surface area contributed by atoms with E-state index in [1.54, 1.807) is 29.0 Å². The van der Waals surface area contributed by atoms with Crippen LogP contribution in [0.5, 0.6) is 5.88 Å². The molecule has 106 valence electrons. The molecule has 0 saturated heterocycles. The fourth-order valence-electron chi connectivity index (χ4n) is 1.54. The Bertz CT molecular complexity index is 773. The van der Waals surface area contributed by atoms with Gasteiger partial charge in [-0.15, -0.1) is 9.46 Å². The summed E-state index contributed by atoms with van der Waals surface area (Å²) in [6.45, 7) is 0.358. The molecule has 0 bridgehead atoms. The minimum Gasteiger partial charge on any atom is -0.477 e. The highest BCUT2D eigenvalue weighted by Crippen LogP contribution is 2.14. The number of halogens is 1. The lowest BCUT2D eigenvalue weighted by Gasteiger charge is -2.06. The van der Waals surface area contributed by atoms with Crippen LogP contribution in [0, 0.1) is 11.5 Å². The van der Waals surface area contributed by atoms with E-state index in [2.05, 4.69) is 30.4 Å². The molecule has 0 fully saturated rings. The number of ether oxygens (including phenoxy) is 1. The molecule has 9 heteroatoms. The van der Waals surface area contributed by atoms with Crippen LogP contribution in [-0.4, -0.2) is 37.4 Å². The second-order valence-corrected chi connectivity index (χ2v) is 7.40. The van der Waals surface area contributed by atoms with Crippen LogP contribution in [-0.2, 0) is 9.73 Å². The van der Waals surface area contributed by atoms with Crippen molar-refractivity contribution >= 4 is 31.3 Å². The number of nitriles is 1. The third-order valence-corrected chi connectivity index (χ3v) is 4.50. The minimum atomic E-state index is -2.43. The van der Waals surface area contributed by atoms with Crippen molar-refractivity contribution in [2.45, 2.75) is 6.42 Å². The van der Waals surface area contributed by atoms with E-state index in [4.69, 9.17) is 10.00 Å². The second-order valence-electron chi connectivity index (χ2n) is 4.08. The van der Waals surface area contributed by atoms with Gasteiger partial charge in [-0.05, 0) is 28.4 Å². The third kappa shape index (κ3) is 3.68. The van der Waals surface area contributed by atoms with Gasteiger partial charge in [0.15, 0.2) is 5.65 Å². The summed E-state index contributed by atoms with van der Waals surface area (Å²) in [5.74, 6) is 0.772. The molecular formula is C11H12BrN5O2S. The maximum Gasteiger partial charge on any atom is 0.231 e. The van der Waals surface area contributed by atoms with Gasteiger partial charge >= 0.3 is 0 Å². The Hall–Kier alpha value is -1.66. The van der Waals surface area contributed by atoms with E-state index in [9.17, 15) is 4.21 Å². The first-order valence-corrected chi connectivity index (χ1v) is 8.61. The lowest BCUT2D eigenvalue weighted by Crippen LogP contribution is -2.09. The second kappa shape index (κ2) is 6.19. The molecular weight excluding hydrogens is 346 g/mol. The van der Waals surface area contributed by atoms with Crippen LogP contribution >= 0.6 is 15.9 Å². The monoisotopic (exact) mass is 357 g/mol. The van der Waals surface area contributed by atoms with E-state index in [0.29, 0.717) is 30.3 Å². The largest absolute Gasteiger partial charge is 0.477 e. The maximum atomic E-state index is 11.7. The summed E-state index contributed by atoms with van der Waals surface area (Å²) >= 11 is 3.33. The fraction of sp³-hybridized carbons (Fsp3) is 0.364. The van der Waals surface area contributed by atoms with Gasteiger partial charge in [-0.25, -0.2) is 13.7 Å². The number of hydrogen-bond donors (Lipinski definition) is 0. The van der Waals surface area contributed by atoms with Gasteiger partial charge in [0.1, 0.15) is 4.60 Å². The predicted octanol–water partition coefficient (Wildman–Crippen LogP) is 1.84. The van der Waals surface area contributed by atoms with Crippen LogP contribution in [0.3, 0.4) is 0 Å². The standard InChI is InChI=1S/C11H12BrN5O2S/c1-20(18,15-8-13)6-2-5-19-11-4-3-10-14-7-9(12)17(10)16-11/h3-4,7H,2,5-6H2,1H3. The molecule has 0 aromatic carbocycles. The van der Waals surface area contributed by atoms with E-state index in [1.807, 2.05) is 0 Å². The Kier molecular flexibility index (Phi) is 4.57. The molecule has 2 aromatic rings. The first-order chi connectivity index (χ1) is 9.52. The molecule has 0 saturated carbocycles. The summed E-state index contributed by atoms with van der Waals surface area (Å²) in [6.07, 6.45) is 5.22. The molecule has 7 nitrogen and oxygen atoms in total. The molecule has 20 heavy (non-hydrogen) atoms. The van der Waals surface area contributed by atoms with Crippen molar-refractivity contribution < 1.29 is 8.95 Å². The molecule has 2 heterocycles. The van der Waals surface area contributed by atoms with Crippen molar-refractivity contribution in [3.63, 3.8) is 0 Å². The van der Waals surface area contributed by atoms with Gasteiger partial charge in [0.05, 0.1) is 22.5 Å². The van der Waals surface area contributed by atoms with Crippen LogP contribution in [0.1, 0.15) is 6.42 Å². The van der Waals surface area contributed by atoms with Crippen molar-refractivity contribution in [3.05, 3.63) is 22.9 Å². The first kappa shape index (κ1) is 14.7. The molecule has 0 spiro atoms. The van der Waals surface area contributed by atoms with Gasteiger partial charge in [0, 0.05) is 18.1 Å². The molecule has 2 rings (SSSR count). The molecule has 0 radical (unpaired) electrons. The summed E-state index contributed by atoms with van der Waals surface area (Å²) in [5, 5.41) is 12.6. The number of nitrogens with zero attached hydrogens (tertiary/aromatic N) is 5. The normalized spacial score (nSPS) is 13.7. The quantitative estimate of drug-likeness (QED) is 0.601. The third-order valence-electron chi connectivity index (χ3n) is 2.45. The van der Waals surface area contributed by atoms with Gasteiger partial charge < -0.3 is 4.74 Å². The van der Waals surface area contributed by atoms with Crippen LogP contribution in [0.4, 0.5) is 0 Å². The Morgan fingerprint density at radius 2 is 2.40 bits per heavy atom. The highest BCUT2D eigenvalue weighted by atomic mass is 79.9. The Morgan fingerprint density at radius 3 is 3.15 bits per heavy atom. The Labute approximate surface area is 124 Å². The van der Waals surface area contributed by atoms with E-state index < -0.39 is 9.73 Å². The van der Waals surface area contributed by atoms with Crippen LogP contribution < -0.4 is 4.74 Å². The topological polar surface area (TPSA) is 92.6 Å². The lowest BCUT2D eigenvalue weighted by atomic mass is 10.5. The number of fused-ring (bicyclic) bond motifs is 1. The maximum absolute atomic E-state index is 11.7. The van der Waals surface area contributed by atoms with Crippen LogP contribution in [0.2, 0.25) is 0 Å². The zero-order chi connectivity index (χ0) is 14.6.